The van der Waals surface area contributed by atoms with Crippen molar-refractivity contribution in [3.8, 4) is 5.75 Å². The summed E-state index contributed by atoms with van der Waals surface area (Å²) in [7, 11) is 1.65. The molecule has 2 aromatic carbocycles. The number of halogens is 2. The molecule has 1 fully saturated rings. The molecule has 0 bridgehead atoms. The Morgan fingerprint density at radius 2 is 1.75 bits per heavy atom. The van der Waals surface area contributed by atoms with Crippen LogP contribution in [0.1, 0.15) is 10.4 Å². The second kappa shape index (κ2) is 9.17. The van der Waals surface area contributed by atoms with Gasteiger partial charge in [-0.1, -0.05) is 35.3 Å². The van der Waals surface area contributed by atoms with Crippen molar-refractivity contribution in [2.45, 2.75) is 0 Å². The number of nitrogens with zero attached hydrogens (tertiary/aromatic N) is 2. The number of methoxy groups -OCH3 is 1. The Balaban J connectivity index is 1.51. The number of piperazine rings is 1. The highest BCUT2D eigenvalue weighted by atomic mass is 35.5. The highest BCUT2D eigenvalue weighted by molar-refractivity contribution is 6.42. The molecule has 1 heterocycles. The van der Waals surface area contributed by atoms with Crippen LogP contribution in [0, 0.1) is 0 Å². The van der Waals surface area contributed by atoms with Gasteiger partial charge in [0.2, 0.25) is 5.91 Å². The van der Waals surface area contributed by atoms with Crippen molar-refractivity contribution in [1.82, 2.24) is 10.2 Å². The van der Waals surface area contributed by atoms with Crippen LogP contribution in [0.25, 0.3) is 0 Å². The molecule has 2 aromatic rings. The molecule has 2 amide bonds. The lowest BCUT2D eigenvalue weighted by Gasteiger charge is -2.36. The van der Waals surface area contributed by atoms with E-state index in [0.717, 1.165) is 11.4 Å². The molecule has 28 heavy (non-hydrogen) atoms. The van der Waals surface area contributed by atoms with E-state index in [1.54, 1.807) is 24.1 Å². The zero-order valence-corrected chi connectivity index (χ0v) is 17.0. The van der Waals surface area contributed by atoms with E-state index in [-0.39, 0.29) is 18.4 Å². The summed E-state index contributed by atoms with van der Waals surface area (Å²) in [4.78, 5) is 28.6. The first-order valence-electron chi connectivity index (χ1n) is 8.88. The number of ether oxygens (including phenoxy) is 1. The van der Waals surface area contributed by atoms with E-state index >= 15 is 0 Å². The fourth-order valence-electron chi connectivity index (χ4n) is 3.09. The number of para-hydroxylation sites is 2. The quantitative estimate of drug-likeness (QED) is 0.805. The van der Waals surface area contributed by atoms with Gasteiger partial charge in [-0.15, -0.1) is 0 Å². The molecule has 3 rings (SSSR count). The van der Waals surface area contributed by atoms with Gasteiger partial charge in [0.05, 0.1) is 29.4 Å². The first-order chi connectivity index (χ1) is 13.5. The van der Waals surface area contributed by atoms with E-state index in [1.807, 2.05) is 24.3 Å². The van der Waals surface area contributed by atoms with Crippen LogP contribution >= 0.6 is 23.2 Å². The van der Waals surface area contributed by atoms with Crippen LogP contribution in [0.2, 0.25) is 10.0 Å². The van der Waals surface area contributed by atoms with E-state index in [4.69, 9.17) is 27.9 Å². The number of hydrogen-bond donors (Lipinski definition) is 1. The third-order valence-corrected chi connectivity index (χ3v) is 5.38. The highest BCUT2D eigenvalue weighted by Crippen LogP contribution is 2.28. The summed E-state index contributed by atoms with van der Waals surface area (Å²) >= 11 is 11.8. The topological polar surface area (TPSA) is 61.9 Å². The van der Waals surface area contributed by atoms with Gasteiger partial charge in [0.15, 0.2) is 0 Å². The molecule has 0 atom stereocenters. The van der Waals surface area contributed by atoms with Crippen LogP contribution in [-0.2, 0) is 4.79 Å². The van der Waals surface area contributed by atoms with Crippen molar-refractivity contribution < 1.29 is 14.3 Å². The molecular formula is C20H21Cl2N3O3. The number of rotatable bonds is 5. The van der Waals surface area contributed by atoms with Gasteiger partial charge in [0, 0.05) is 31.7 Å². The van der Waals surface area contributed by atoms with Crippen molar-refractivity contribution in [3.63, 3.8) is 0 Å². The van der Waals surface area contributed by atoms with E-state index in [0.29, 0.717) is 41.8 Å². The van der Waals surface area contributed by atoms with E-state index < -0.39 is 0 Å². The Kier molecular flexibility index (Phi) is 6.65. The van der Waals surface area contributed by atoms with Gasteiger partial charge < -0.3 is 19.9 Å². The Bertz CT molecular complexity index is 868. The third-order valence-electron chi connectivity index (χ3n) is 4.64. The smallest absolute Gasteiger partial charge is 0.251 e. The maximum Gasteiger partial charge on any atom is 0.251 e. The second-order valence-electron chi connectivity index (χ2n) is 6.35. The van der Waals surface area contributed by atoms with Gasteiger partial charge in [-0.2, -0.15) is 0 Å². The molecule has 6 nitrogen and oxygen atoms in total. The number of carbonyl (C=O) groups is 2. The molecule has 0 aromatic heterocycles. The first kappa shape index (κ1) is 20.3. The van der Waals surface area contributed by atoms with Gasteiger partial charge in [-0.25, -0.2) is 0 Å². The van der Waals surface area contributed by atoms with Crippen molar-refractivity contribution in [2.24, 2.45) is 0 Å². The standard InChI is InChI=1S/C20H21Cl2N3O3/c1-28-18-5-3-2-4-17(18)24-8-10-25(11-9-24)19(26)13-23-20(27)14-6-7-15(21)16(22)12-14/h2-7,12H,8-11,13H2,1H3,(H,23,27). The summed E-state index contributed by atoms with van der Waals surface area (Å²) in [6, 6.07) is 12.4. The predicted molar refractivity (Wildman–Crippen MR) is 111 cm³/mol. The number of carbonyl (C=O) groups excluding carboxylic acids is 2. The molecule has 0 spiro atoms. The van der Waals surface area contributed by atoms with Crippen molar-refractivity contribution in [3.05, 3.63) is 58.1 Å². The highest BCUT2D eigenvalue weighted by Gasteiger charge is 2.23. The van der Waals surface area contributed by atoms with Crippen molar-refractivity contribution >= 4 is 40.7 Å². The summed E-state index contributed by atoms with van der Waals surface area (Å²) < 4.78 is 5.41. The lowest BCUT2D eigenvalue weighted by atomic mass is 10.2. The molecule has 148 valence electrons. The Labute approximate surface area is 174 Å². The number of nitrogens with one attached hydrogen (secondary N) is 1. The average Bonchev–Trinajstić information content (AvgIpc) is 2.73. The molecule has 1 aliphatic rings. The van der Waals surface area contributed by atoms with Gasteiger partial charge in [0.1, 0.15) is 5.75 Å². The third kappa shape index (κ3) is 4.69. The summed E-state index contributed by atoms with van der Waals surface area (Å²) in [6.07, 6.45) is 0. The van der Waals surface area contributed by atoms with Crippen LogP contribution in [0.5, 0.6) is 5.75 Å². The lowest BCUT2D eigenvalue weighted by molar-refractivity contribution is -0.130. The Morgan fingerprint density at radius 3 is 2.43 bits per heavy atom. The minimum absolute atomic E-state index is 0.0618. The minimum Gasteiger partial charge on any atom is -0.495 e. The molecule has 0 aliphatic carbocycles. The summed E-state index contributed by atoms with van der Waals surface area (Å²) in [5.74, 6) is 0.337. The van der Waals surface area contributed by atoms with E-state index in [9.17, 15) is 9.59 Å². The van der Waals surface area contributed by atoms with Crippen LogP contribution in [0.3, 0.4) is 0 Å². The minimum atomic E-state index is -0.362. The van der Waals surface area contributed by atoms with Crippen molar-refractivity contribution in [1.29, 1.82) is 0 Å². The number of amides is 2. The van der Waals surface area contributed by atoms with Crippen molar-refractivity contribution in [2.75, 3.05) is 44.7 Å². The van der Waals surface area contributed by atoms with Crippen LogP contribution < -0.4 is 15.0 Å². The van der Waals surface area contributed by atoms with Gasteiger partial charge in [-0.3, -0.25) is 9.59 Å². The van der Waals surface area contributed by atoms with Crippen LogP contribution in [-0.4, -0.2) is 56.5 Å². The molecule has 0 radical (unpaired) electrons. The fourth-order valence-corrected chi connectivity index (χ4v) is 3.39. The number of benzene rings is 2. The number of hydrogen-bond acceptors (Lipinski definition) is 4. The largest absolute Gasteiger partial charge is 0.495 e. The molecule has 1 saturated heterocycles. The zero-order valence-electron chi connectivity index (χ0n) is 15.5. The predicted octanol–water partition coefficient (Wildman–Crippen LogP) is 3.08. The maximum absolute atomic E-state index is 12.4. The van der Waals surface area contributed by atoms with E-state index in [2.05, 4.69) is 10.2 Å². The number of anilines is 1. The molecule has 0 unspecified atom stereocenters. The summed E-state index contributed by atoms with van der Waals surface area (Å²) in [5.41, 5.74) is 1.38. The van der Waals surface area contributed by atoms with Crippen LogP contribution in [0.4, 0.5) is 5.69 Å². The van der Waals surface area contributed by atoms with Gasteiger partial charge >= 0.3 is 0 Å². The Hall–Kier alpha value is -2.44. The SMILES string of the molecule is COc1ccccc1N1CCN(C(=O)CNC(=O)c2ccc(Cl)c(Cl)c2)CC1. The van der Waals surface area contributed by atoms with Crippen LogP contribution in [0.15, 0.2) is 42.5 Å². The lowest BCUT2D eigenvalue weighted by Crippen LogP contribution is -2.51. The molecule has 1 N–H and O–H groups in total. The fraction of sp³-hybridized carbons (Fsp3) is 0.300. The first-order valence-corrected chi connectivity index (χ1v) is 9.64. The second-order valence-corrected chi connectivity index (χ2v) is 7.17. The van der Waals surface area contributed by atoms with Gasteiger partial charge in [-0.05, 0) is 30.3 Å². The summed E-state index contributed by atoms with van der Waals surface area (Å²) in [5, 5.41) is 3.31. The molecule has 8 heteroatoms. The molecule has 0 saturated carbocycles. The normalized spacial score (nSPS) is 14.0. The van der Waals surface area contributed by atoms with E-state index in [1.165, 1.54) is 6.07 Å². The Morgan fingerprint density at radius 1 is 1.04 bits per heavy atom. The monoisotopic (exact) mass is 421 g/mol. The average molecular weight is 422 g/mol. The van der Waals surface area contributed by atoms with Gasteiger partial charge in [0.25, 0.3) is 5.91 Å². The maximum atomic E-state index is 12.4. The zero-order chi connectivity index (χ0) is 20.1. The summed E-state index contributed by atoms with van der Waals surface area (Å²) in [6.45, 7) is 2.51. The molecule has 1 aliphatic heterocycles. The molecular weight excluding hydrogens is 401 g/mol.